The van der Waals surface area contributed by atoms with Gasteiger partial charge in [0.15, 0.2) is 5.13 Å². The molecule has 0 bridgehead atoms. The van der Waals surface area contributed by atoms with Crippen LogP contribution in [0, 0.1) is 12.8 Å². The van der Waals surface area contributed by atoms with E-state index in [1.807, 2.05) is 30.9 Å². The lowest BCUT2D eigenvalue weighted by Gasteiger charge is -2.36. The number of para-hydroxylation sites is 1. The molecule has 3 amide bonds. The van der Waals surface area contributed by atoms with Gasteiger partial charge in [-0.3, -0.25) is 14.4 Å². The normalized spacial score (nSPS) is 13.5. The number of aromatic nitrogens is 1. The third-order valence-corrected chi connectivity index (χ3v) is 7.67. The van der Waals surface area contributed by atoms with Gasteiger partial charge in [0.2, 0.25) is 11.8 Å². The van der Waals surface area contributed by atoms with E-state index in [2.05, 4.69) is 34.3 Å². The van der Waals surface area contributed by atoms with Crippen LogP contribution >= 0.6 is 22.9 Å². The first-order chi connectivity index (χ1) is 18.7. The van der Waals surface area contributed by atoms with E-state index >= 15 is 0 Å². The molecule has 0 spiro atoms. The van der Waals surface area contributed by atoms with Gasteiger partial charge in [-0.05, 0) is 36.6 Å². The van der Waals surface area contributed by atoms with Crippen LogP contribution in [-0.2, 0) is 16.0 Å². The fourth-order valence-electron chi connectivity index (χ4n) is 4.62. The zero-order valence-corrected chi connectivity index (χ0v) is 24.1. The molecular formula is C29H34ClN5O3S. The van der Waals surface area contributed by atoms with Crippen molar-refractivity contribution in [1.82, 2.24) is 14.8 Å². The number of piperazine rings is 1. The van der Waals surface area contributed by atoms with Crippen LogP contribution in [0.25, 0.3) is 0 Å². The molecule has 0 saturated carbocycles. The largest absolute Gasteiger partial charge is 0.368 e. The summed E-state index contributed by atoms with van der Waals surface area (Å²) in [6.07, 6.45) is 0.182. The van der Waals surface area contributed by atoms with Gasteiger partial charge >= 0.3 is 0 Å². The highest BCUT2D eigenvalue weighted by Gasteiger charge is 2.24. The highest BCUT2D eigenvalue weighted by atomic mass is 35.5. The molecule has 8 nitrogen and oxygen atoms in total. The predicted octanol–water partition coefficient (Wildman–Crippen LogP) is 4.73. The lowest BCUT2D eigenvalue weighted by molar-refractivity contribution is -0.130. The molecule has 0 unspecified atom stereocenters. The Balaban J connectivity index is 1.30. The number of nitrogens with zero attached hydrogens (tertiary/aromatic N) is 4. The van der Waals surface area contributed by atoms with Crippen molar-refractivity contribution in [1.29, 1.82) is 0 Å². The maximum absolute atomic E-state index is 13.1. The first-order valence-electron chi connectivity index (χ1n) is 13.1. The van der Waals surface area contributed by atoms with Crippen LogP contribution in [0.5, 0.6) is 0 Å². The molecule has 10 heteroatoms. The minimum Gasteiger partial charge on any atom is -0.368 e. The van der Waals surface area contributed by atoms with Crippen molar-refractivity contribution >= 4 is 51.5 Å². The molecule has 2 heterocycles. The molecule has 4 rings (SSSR count). The van der Waals surface area contributed by atoms with Gasteiger partial charge in [0, 0.05) is 43.8 Å². The average Bonchev–Trinajstić information content (AvgIpc) is 3.34. The fourth-order valence-corrected chi connectivity index (χ4v) is 5.57. The summed E-state index contributed by atoms with van der Waals surface area (Å²) < 4.78 is 0. The number of benzene rings is 2. The van der Waals surface area contributed by atoms with Gasteiger partial charge in [0.05, 0.1) is 22.7 Å². The third kappa shape index (κ3) is 7.58. The van der Waals surface area contributed by atoms with Crippen molar-refractivity contribution < 1.29 is 14.4 Å². The van der Waals surface area contributed by atoms with E-state index in [1.54, 1.807) is 29.6 Å². The molecule has 2 aromatic carbocycles. The number of hydrogen-bond acceptors (Lipinski definition) is 6. The fraction of sp³-hybridized carbons (Fsp3) is 0.379. The number of anilines is 2. The third-order valence-electron chi connectivity index (χ3n) is 6.53. The summed E-state index contributed by atoms with van der Waals surface area (Å²) in [5.74, 6) is -0.454. The van der Waals surface area contributed by atoms with Gasteiger partial charge in [-0.1, -0.05) is 55.8 Å². The summed E-state index contributed by atoms with van der Waals surface area (Å²) in [5.41, 5.74) is 3.43. The highest BCUT2D eigenvalue weighted by Crippen LogP contribution is 2.22. The predicted molar refractivity (Wildman–Crippen MR) is 157 cm³/mol. The van der Waals surface area contributed by atoms with Gasteiger partial charge in [0.1, 0.15) is 6.54 Å². The Bertz CT molecular complexity index is 1320. The van der Waals surface area contributed by atoms with Gasteiger partial charge in [0.25, 0.3) is 5.91 Å². The maximum atomic E-state index is 13.1. The van der Waals surface area contributed by atoms with Crippen LogP contribution in [-0.4, -0.2) is 71.8 Å². The molecule has 3 aromatic rings. The van der Waals surface area contributed by atoms with Crippen LogP contribution in [0.1, 0.15) is 35.5 Å². The second-order valence-corrected chi connectivity index (χ2v) is 11.3. The van der Waals surface area contributed by atoms with E-state index in [0.717, 1.165) is 13.1 Å². The summed E-state index contributed by atoms with van der Waals surface area (Å²) in [6, 6.07) is 15.1. The number of rotatable bonds is 9. The molecule has 1 aliphatic heterocycles. The van der Waals surface area contributed by atoms with Gasteiger partial charge < -0.3 is 20.0 Å². The van der Waals surface area contributed by atoms with E-state index in [0.29, 0.717) is 41.0 Å². The summed E-state index contributed by atoms with van der Waals surface area (Å²) in [4.78, 5) is 49.0. The van der Waals surface area contributed by atoms with E-state index in [-0.39, 0.29) is 36.6 Å². The second-order valence-electron chi connectivity index (χ2n) is 10.1. The van der Waals surface area contributed by atoms with Crippen molar-refractivity contribution in [3.05, 3.63) is 75.8 Å². The molecule has 0 radical (unpaired) electrons. The Kier molecular flexibility index (Phi) is 9.59. The summed E-state index contributed by atoms with van der Waals surface area (Å²) in [5, 5.41) is 5.32. The number of nitrogens with one attached hydrogen (secondary N) is 1. The van der Waals surface area contributed by atoms with Crippen molar-refractivity contribution in [2.75, 3.05) is 49.5 Å². The molecule has 1 aliphatic rings. The average molecular weight is 568 g/mol. The second kappa shape index (κ2) is 13.1. The Hall–Kier alpha value is -3.43. The molecule has 1 fully saturated rings. The monoisotopic (exact) mass is 567 g/mol. The minimum absolute atomic E-state index is 0.0241. The Morgan fingerprint density at radius 2 is 1.74 bits per heavy atom. The van der Waals surface area contributed by atoms with E-state index < -0.39 is 0 Å². The molecular weight excluding hydrogens is 534 g/mol. The van der Waals surface area contributed by atoms with Crippen molar-refractivity contribution in [2.24, 2.45) is 5.92 Å². The van der Waals surface area contributed by atoms with Crippen LogP contribution in [0.2, 0.25) is 5.02 Å². The molecule has 206 valence electrons. The number of halogens is 1. The Morgan fingerprint density at radius 1 is 1.05 bits per heavy atom. The molecule has 0 atom stereocenters. The van der Waals surface area contributed by atoms with Crippen molar-refractivity contribution in [2.45, 2.75) is 27.2 Å². The summed E-state index contributed by atoms with van der Waals surface area (Å²) >= 11 is 7.49. The van der Waals surface area contributed by atoms with E-state index in [9.17, 15) is 14.4 Å². The number of carbonyl (C=O) groups excluding carboxylic acids is 3. The number of amides is 3. The molecule has 1 saturated heterocycles. The zero-order valence-electron chi connectivity index (χ0n) is 22.5. The number of hydrogen-bond donors (Lipinski definition) is 1. The SMILES string of the molecule is Cc1ccccc1N1CCN(C(=O)Cc2csc(NC(=O)CN(CC(C)C)C(=O)c3ccccc3Cl)n2)CC1. The number of carbonyl (C=O) groups is 3. The van der Waals surface area contributed by atoms with E-state index in [1.165, 1.54) is 27.5 Å². The van der Waals surface area contributed by atoms with Crippen molar-refractivity contribution in [3.63, 3.8) is 0 Å². The summed E-state index contributed by atoms with van der Waals surface area (Å²) in [6.45, 7) is 9.24. The quantitative estimate of drug-likeness (QED) is 0.404. The number of aryl methyl sites for hydroxylation is 1. The Morgan fingerprint density at radius 3 is 2.44 bits per heavy atom. The molecule has 1 N–H and O–H groups in total. The first-order valence-corrected chi connectivity index (χ1v) is 14.3. The zero-order chi connectivity index (χ0) is 27.9. The van der Waals surface area contributed by atoms with Crippen LogP contribution in [0.4, 0.5) is 10.8 Å². The highest BCUT2D eigenvalue weighted by molar-refractivity contribution is 7.13. The van der Waals surface area contributed by atoms with Gasteiger partial charge in [-0.2, -0.15) is 0 Å². The number of thiazole rings is 1. The van der Waals surface area contributed by atoms with E-state index in [4.69, 9.17) is 11.6 Å². The van der Waals surface area contributed by atoms with Crippen LogP contribution in [0.3, 0.4) is 0 Å². The molecule has 0 aliphatic carbocycles. The lowest BCUT2D eigenvalue weighted by Crippen LogP contribution is -2.49. The first kappa shape index (κ1) is 28.6. The Labute approximate surface area is 238 Å². The van der Waals surface area contributed by atoms with Crippen molar-refractivity contribution in [3.8, 4) is 0 Å². The van der Waals surface area contributed by atoms with Crippen LogP contribution < -0.4 is 10.2 Å². The van der Waals surface area contributed by atoms with Gasteiger partial charge in [-0.15, -0.1) is 11.3 Å². The van der Waals surface area contributed by atoms with Crippen LogP contribution in [0.15, 0.2) is 53.9 Å². The lowest BCUT2D eigenvalue weighted by atomic mass is 10.1. The molecule has 39 heavy (non-hydrogen) atoms. The maximum Gasteiger partial charge on any atom is 0.255 e. The minimum atomic E-state index is -0.351. The smallest absolute Gasteiger partial charge is 0.255 e. The standard InChI is InChI=1S/C29H34ClN5O3S/c1-20(2)17-35(28(38)23-9-5-6-10-24(23)30)18-26(36)32-29-31-22(19-39-29)16-27(37)34-14-12-33(13-15-34)25-11-7-4-8-21(25)3/h4-11,19-20H,12-18H2,1-3H3,(H,31,32,36). The molecule has 1 aromatic heterocycles. The van der Waals surface area contributed by atoms with Gasteiger partial charge in [-0.25, -0.2) is 4.98 Å². The topological polar surface area (TPSA) is 85.9 Å². The summed E-state index contributed by atoms with van der Waals surface area (Å²) in [7, 11) is 0.